The molecule has 0 aliphatic carbocycles. The first kappa shape index (κ1) is 17.6. The largest absolute Gasteiger partial charge is 0.345 e. The Bertz CT molecular complexity index is 944. The van der Waals surface area contributed by atoms with E-state index in [9.17, 15) is 4.79 Å². The SMILES string of the molecule is C=CCn1c(C)cc(-c2csc(NC(=O)c3cncc(Br)c3)n2)c1C. The van der Waals surface area contributed by atoms with E-state index in [1.807, 2.05) is 11.5 Å². The summed E-state index contributed by atoms with van der Waals surface area (Å²) in [6.45, 7) is 8.70. The number of nitrogens with zero attached hydrogens (tertiary/aromatic N) is 3. The van der Waals surface area contributed by atoms with Crippen LogP contribution in [0.25, 0.3) is 11.3 Å². The van der Waals surface area contributed by atoms with Crippen LogP contribution in [0.1, 0.15) is 21.7 Å². The molecule has 1 amide bonds. The van der Waals surface area contributed by atoms with Gasteiger partial charge in [-0.05, 0) is 41.9 Å². The average molecular weight is 417 g/mol. The highest BCUT2D eigenvalue weighted by Gasteiger charge is 2.15. The fraction of sp³-hybridized carbons (Fsp3) is 0.167. The van der Waals surface area contributed by atoms with Crippen LogP contribution in [0.3, 0.4) is 0 Å². The number of aromatic nitrogens is 3. The Morgan fingerprint density at radius 3 is 2.92 bits per heavy atom. The van der Waals surface area contributed by atoms with Gasteiger partial charge in [-0.15, -0.1) is 17.9 Å². The second-order valence-corrected chi connectivity index (χ2v) is 7.34. The standard InChI is InChI=1S/C18H17BrN4OS/c1-4-5-23-11(2)6-15(12(23)3)16-10-25-18(21-16)22-17(24)13-7-14(19)9-20-8-13/h4,6-10H,1,5H2,2-3H3,(H,21,22,24). The molecule has 3 heterocycles. The van der Waals surface area contributed by atoms with Gasteiger partial charge in [0, 0.05) is 45.7 Å². The lowest BCUT2D eigenvalue weighted by Gasteiger charge is -2.05. The second kappa shape index (κ2) is 7.33. The number of hydrogen-bond donors (Lipinski definition) is 1. The van der Waals surface area contributed by atoms with Gasteiger partial charge in [-0.1, -0.05) is 6.08 Å². The molecule has 0 bridgehead atoms. The fourth-order valence-corrected chi connectivity index (χ4v) is 3.70. The molecule has 0 aromatic carbocycles. The van der Waals surface area contributed by atoms with E-state index in [1.54, 1.807) is 12.3 Å². The van der Waals surface area contributed by atoms with Crippen molar-refractivity contribution in [3.05, 3.63) is 64.0 Å². The number of amides is 1. The first-order valence-corrected chi connectivity index (χ1v) is 9.32. The molecule has 3 aromatic heterocycles. The van der Waals surface area contributed by atoms with Gasteiger partial charge in [-0.2, -0.15) is 0 Å². The molecular weight excluding hydrogens is 400 g/mol. The highest BCUT2D eigenvalue weighted by molar-refractivity contribution is 9.10. The number of hydrogen-bond acceptors (Lipinski definition) is 4. The van der Waals surface area contributed by atoms with Gasteiger partial charge in [0.1, 0.15) is 0 Å². The van der Waals surface area contributed by atoms with E-state index in [-0.39, 0.29) is 5.91 Å². The highest BCUT2D eigenvalue weighted by atomic mass is 79.9. The number of thiazole rings is 1. The van der Waals surface area contributed by atoms with E-state index in [2.05, 4.69) is 62.3 Å². The molecule has 0 saturated carbocycles. The third-order valence-electron chi connectivity index (χ3n) is 3.85. The second-order valence-electron chi connectivity index (χ2n) is 5.57. The van der Waals surface area contributed by atoms with E-state index in [1.165, 1.54) is 17.5 Å². The molecular formula is C18H17BrN4OS. The van der Waals surface area contributed by atoms with Gasteiger partial charge in [0.25, 0.3) is 5.91 Å². The molecule has 3 aromatic rings. The van der Waals surface area contributed by atoms with Crippen LogP contribution in [0.4, 0.5) is 5.13 Å². The molecule has 25 heavy (non-hydrogen) atoms. The third kappa shape index (κ3) is 3.72. The molecule has 0 spiro atoms. The summed E-state index contributed by atoms with van der Waals surface area (Å²) in [5.74, 6) is -0.230. The lowest BCUT2D eigenvalue weighted by molar-refractivity contribution is 0.102. The van der Waals surface area contributed by atoms with Crippen molar-refractivity contribution in [2.45, 2.75) is 20.4 Å². The zero-order valence-electron chi connectivity index (χ0n) is 13.9. The van der Waals surface area contributed by atoms with Crippen LogP contribution in [0, 0.1) is 13.8 Å². The minimum Gasteiger partial charge on any atom is -0.345 e. The Morgan fingerprint density at radius 1 is 1.40 bits per heavy atom. The molecule has 128 valence electrons. The number of carbonyl (C=O) groups excluding carboxylic acids is 1. The van der Waals surface area contributed by atoms with Crippen LogP contribution in [0.15, 0.2) is 47.0 Å². The van der Waals surface area contributed by atoms with Crippen molar-refractivity contribution >= 4 is 38.3 Å². The van der Waals surface area contributed by atoms with Crippen molar-refractivity contribution in [1.29, 1.82) is 0 Å². The molecule has 0 aliphatic rings. The van der Waals surface area contributed by atoms with Crippen LogP contribution in [0.2, 0.25) is 0 Å². The van der Waals surface area contributed by atoms with Gasteiger partial charge < -0.3 is 4.57 Å². The maximum Gasteiger partial charge on any atom is 0.259 e. The number of anilines is 1. The Balaban J connectivity index is 1.82. The molecule has 0 fully saturated rings. The Labute approximate surface area is 158 Å². The Morgan fingerprint density at radius 2 is 2.20 bits per heavy atom. The smallest absolute Gasteiger partial charge is 0.259 e. The third-order valence-corrected chi connectivity index (χ3v) is 5.04. The molecule has 0 unspecified atom stereocenters. The van der Waals surface area contributed by atoms with Gasteiger partial charge in [0.05, 0.1) is 11.3 Å². The van der Waals surface area contributed by atoms with E-state index in [4.69, 9.17) is 0 Å². The Kier molecular flexibility index (Phi) is 5.15. The lowest BCUT2D eigenvalue weighted by Crippen LogP contribution is -2.11. The molecule has 3 rings (SSSR count). The number of nitrogens with one attached hydrogen (secondary N) is 1. The number of rotatable bonds is 5. The summed E-state index contributed by atoms with van der Waals surface area (Å²) in [6, 6.07) is 3.83. The first-order chi connectivity index (χ1) is 12.0. The number of allylic oxidation sites excluding steroid dienone is 1. The van der Waals surface area contributed by atoms with Gasteiger partial charge in [0.15, 0.2) is 5.13 Å². The zero-order chi connectivity index (χ0) is 18.0. The molecule has 1 N–H and O–H groups in total. The molecule has 0 saturated heterocycles. The fourth-order valence-electron chi connectivity index (χ4n) is 2.63. The van der Waals surface area contributed by atoms with Crippen LogP contribution in [0.5, 0.6) is 0 Å². The van der Waals surface area contributed by atoms with Crippen LogP contribution < -0.4 is 5.32 Å². The summed E-state index contributed by atoms with van der Waals surface area (Å²) in [4.78, 5) is 20.9. The molecule has 0 atom stereocenters. The van der Waals surface area contributed by atoms with Crippen molar-refractivity contribution in [2.24, 2.45) is 0 Å². The summed E-state index contributed by atoms with van der Waals surface area (Å²) >= 11 is 4.72. The van der Waals surface area contributed by atoms with Crippen LogP contribution >= 0.6 is 27.3 Å². The van der Waals surface area contributed by atoms with Gasteiger partial charge in [-0.3, -0.25) is 15.1 Å². The maximum atomic E-state index is 12.3. The quantitative estimate of drug-likeness (QED) is 0.606. The van der Waals surface area contributed by atoms with E-state index in [0.29, 0.717) is 10.7 Å². The van der Waals surface area contributed by atoms with Crippen molar-refractivity contribution in [3.8, 4) is 11.3 Å². The van der Waals surface area contributed by atoms with Crippen molar-refractivity contribution in [3.63, 3.8) is 0 Å². The monoisotopic (exact) mass is 416 g/mol. The van der Waals surface area contributed by atoms with Crippen molar-refractivity contribution in [2.75, 3.05) is 5.32 Å². The van der Waals surface area contributed by atoms with E-state index in [0.717, 1.165) is 33.7 Å². The van der Waals surface area contributed by atoms with E-state index >= 15 is 0 Å². The van der Waals surface area contributed by atoms with Crippen molar-refractivity contribution < 1.29 is 4.79 Å². The summed E-state index contributed by atoms with van der Waals surface area (Å²) in [7, 11) is 0. The lowest BCUT2D eigenvalue weighted by atomic mass is 10.2. The van der Waals surface area contributed by atoms with Gasteiger partial charge >= 0.3 is 0 Å². The van der Waals surface area contributed by atoms with Crippen LogP contribution in [-0.2, 0) is 6.54 Å². The number of halogens is 1. The minimum atomic E-state index is -0.230. The Hall–Kier alpha value is -2.25. The van der Waals surface area contributed by atoms with Gasteiger partial charge in [-0.25, -0.2) is 4.98 Å². The highest BCUT2D eigenvalue weighted by Crippen LogP contribution is 2.30. The van der Waals surface area contributed by atoms with Crippen molar-refractivity contribution in [1.82, 2.24) is 14.5 Å². The molecule has 0 aliphatic heterocycles. The average Bonchev–Trinajstić information content (AvgIpc) is 3.14. The first-order valence-electron chi connectivity index (χ1n) is 7.65. The topological polar surface area (TPSA) is 59.8 Å². The normalized spacial score (nSPS) is 10.7. The summed E-state index contributed by atoms with van der Waals surface area (Å²) in [5.41, 5.74) is 4.70. The molecule has 5 nitrogen and oxygen atoms in total. The maximum absolute atomic E-state index is 12.3. The minimum absolute atomic E-state index is 0.230. The number of pyridine rings is 1. The zero-order valence-corrected chi connectivity index (χ0v) is 16.3. The number of aryl methyl sites for hydroxylation is 1. The van der Waals surface area contributed by atoms with Crippen LogP contribution in [-0.4, -0.2) is 20.4 Å². The van der Waals surface area contributed by atoms with Gasteiger partial charge in [0.2, 0.25) is 0 Å². The predicted molar refractivity (Wildman–Crippen MR) is 105 cm³/mol. The summed E-state index contributed by atoms with van der Waals surface area (Å²) < 4.78 is 2.95. The molecule has 7 heteroatoms. The number of carbonyl (C=O) groups is 1. The van der Waals surface area contributed by atoms with E-state index < -0.39 is 0 Å². The summed E-state index contributed by atoms with van der Waals surface area (Å²) in [6.07, 6.45) is 5.04. The molecule has 0 radical (unpaired) electrons. The summed E-state index contributed by atoms with van der Waals surface area (Å²) in [5, 5.41) is 5.34. The predicted octanol–water partition coefficient (Wildman–Crippen LogP) is 4.82.